The smallest absolute Gasteiger partial charge is 0.181 e. The van der Waals surface area contributed by atoms with Crippen LogP contribution < -0.4 is 0 Å². The second-order valence-corrected chi connectivity index (χ2v) is 5.51. The molecule has 3 heterocycles. The number of aromatic nitrogens is 6. The van der Waals surface area contributed by atoms with Gasteiger partial charge in [0, 0.05) is 39.5 Å². The molecule has 0 N–H and O–H groups in total. The van der Waals surface area contributed by atoms with Crippen molar-refractivity contribution in [3.63, 3.8) is 0 Å². The molecule has 0 aromatic carbocycles. The van der Waals surface area contributed by atoms with Crippen LogP contribution in [0.5, 0.6) is 0 Å². The van der Waals surface area contributed by atoms with Crippen molar-refractivity contribution >= 4 is 0 Å². The van der Waals surface area contributed by atoms with Crippen LogP contribution in [0.15, 0.2) is 12.3 Å². The van der Waals surface area contributed by atoms with E-state index in [1.54, 1.807) is 11.8 Å². The Bertz CT molecular complexity index is 612. The van der Waals surface area contributed by atoms with E-state index in [0.717, 1.165) is 37.7 Å². The molecule has 1 fully saturated rings. The monoisotopic (exact) mass is 321 g/mol. The van der Waals surface area contributed by atoms with Gasteiger partial charge in [-0.3, -0.25) is 9.58 Å². The van der Waals surface area contributed by atoms with Crippen molar-refractivity contribution in [2.45, 2.75) is 32.7 Å². The first-order valence-electron chi connectivity index (χ1n) is 7.91. The van der Waals surface area contributed by atoms with Gasteiger partial charge in [-0.25, -0.2) is 4.68 Å². The fraction of sp³-hybridized carbons (Fsp3) is 0.714. The molecule has 9 heteroatoms. The van der Waals surface area contributed by atoms with Gasteiger partial charge in [0.25, 0.3) is 0 Å². The minimum absolute atomic E-state index is 0.121. The van der Waals surface area contributed by atoms with Crippen LogP contribution in [-0.2, 0) is 29.1 Å². The van der Waals surface area contributed by atoms with Crippen LogP contribution in [0.4, 0.5) is 0 Å². The van der Waals surface area contributed by atoms with Crippen molar-refractivity contribution in [1.29, 1.82) is 0 Å². The molecule has 0 radical (unpaired) electrons. The van der Waals surface area contributed by atoms with Gasteiger partial charge in [0.1, 0.15) is 6.10 Å². The molecule has 0 unspecified atom stereocenters. The number of aryl methyl sites for hydroxylation is 1. The molecule has 0 amide bonds. The lowest BCUT2D eigenvalue weighted by Crippen LogP contribution is -2.39. The first-order chi connectivity index (χ1) is 11.3. The molecule has 1 atom stereocenters. The van der Waals surface area contributed by atoms with Crippen molar-refractivity contribution in [2.75, 3.05) is 33.4 Å². The van der Waals surface area contributed by atoms with Crippen LogP contribution in [0.2, 0.25) is 0 Å². The fourth-order valence-electron chi connectivity index (χ4n) is 2.67. The lowest BCUT2D eigenvalue weighted by atomic mass is 10.2. The van der Waals surface area contributed by atoms with Gasteiger partial charge in [-0.05, 0) is 23.4 Å². The summed E-state index contributed by atoms with van der Waals surface area (Å²) in [7, 11) is 1.66. The van der Waals surface area contributed by atoms with E-state index in [1.165, 1.54) is 0 Å². The predicted molar refractivity (Wildman–Crippen MR) is 81.6 cm³/mol. The highest BCUT2D eigenvalue weighted by Gasteiger charge is 2.27. The summed E-state index contributed by atoms with van der Waals surface area (Å²) in [5.41, 5.74) is 1.08. The lowest BCUT2D eigenvalue weighted by Gasteiger charge is -2.31. The molecular weight excluding hydrogens is 298 g/mol. The van der Waals surface area contributed by atoms with E-state index in [1.807, 2.05) is 10.9 Å². The molecule has 9 nitrogen and oxygen atoms in total. The third-order valence-electron chi connectivity index (χ3n) is 3.91. The number of tetrazole rings is 1. The Labute approximate surface area is 135 Å². The third kappa shape index (κ3) is 3.92. The van der Waals surface area contributed by atoms with Crippen LogP contribution in [0.25, 0.3) is 0 Å². The highest BCUT2D eigenvalue weighted by molar-refractivity contribution is 5.00. The normalized spacial score (nSPS) is 19.3. The molecule has 1 saturated heterocycles. The molecule has 2 aromatic rings. The zero-order valence-electron chi connectivity index (χ0n) is 13.6. The van der Waals surface area contributed by atoms with Gasteiger partial charge in [0.05, 0.1) is 25.5 Å². The van der Waals surface area contributed by atoms with Crippen LogP contribution in [-0.4, -0.2) is 68.3 Å². The molecule has 1 aliphatic rings. The second-order valence-electron chi connectivity index (χ2n) is 5.51. The predicted octanol–water partition coefficient (Wildman–Crippen LogP) is 0.109. The molecule has 1 aliphatic heterocycles. The molecule has 23 heavy (non-hydrogen) atoms. The van der Waals surface area contributed by atoms with Crippen molar-refractivity contribution in [2.24, 2.45) is 0 Å². The SMILES string of the molecule is CCn1ccc(CN2CCO[C@H](c3nnnn3CCOC)C2)n1. The highest BCUT2D eigenvalue weighted by atomic mass is 16.5. The van der Waals surface area contributed by atoms with E-state index in [9.17, 15) is 0 Å². The first kappa shape index (κ1) is 16.0. The molecule has 126 valence electrons. The van der Waals surface area contributed by atoms with Crippen molar-refractivity contribution in [3.05, 3.63) is 23.8 Å². The van der Waals surface area contributed by atoms with Crippen LogP contribution in [0.1, 0.15) is 24.5 Å². The van der Waals surface area contributed by atoms with Crippen molar-refractivity contribution < 1.29 is 9.47 Å². The quantitative estimate of drug-likeness (QED) is 0.715. The molecular formula is C14H23N7O2. The largest absolute Gasteiger partial charge is 0.383 e. The summed E-state index contributed by atoms with van der Waals surface area (Å²) in [6.45, 7) is 7.29. The number of nitrogens with zero attached hydrogens (tertiary/aromatic N) is 7. The summed E-state index contributed by atoms with van der Waals surface area (Å²) in [6.07, 6.45) is 1.89. The Morgan fingerprint density at radius 1 is 1.43 bits per heavy atom. The van der Waals surface area contributed by atoms with Gasteiger partial charge >= 0.3 is 0 Å². The third-order valence-corrected chi connectivity index (χ3v) is 3.91. The van der Waals surface area contributed by atoms with E-state index >= 15 is 0 Å². The summed E-state index contributed by atoms with van der Waals surface area (Å²) in [5, 5.41) is 16.4. The minimum atomic E-state index is -0.121. The Morgan fingerprint density at radius 2 is 2.35 bits per heavy atom. The Morgan fingerprint density at radius 3 is 3.13 bits per heavy atom. The van der Waals surface area contributed by atoms with Crippen molar-refractivity contribution in [3.8, 4) is 0 Å². The maximum Gasteiger partial charge on any atom is 0.181 e. The fourth-order valence-corrected chi connectivity index (χ4v) is 2.67. The number of hydrogen-bond donors (Lipinski definition) is 0. The van der Waals surface area contributed by atoms with Crippen LogP contribution in [0.3, 0.4) is 0 Å². The number of methoxy groups -OCH3 is 1. The number of rotatable bonds is 7. The second kappa shape index (κ2) is 7.62. The summed E-state index contributed by atoms with van der Waals surface area (Å²) < 4.78 is 14.7. The van der Waals surface area contributed by atoms with Gasteiger partial charge in [0.15, 0.2) is 5.82 Å². The van der Waals surface area contributed by atoms with Gasteiger partial charge in [-0.1, -0.05) is 0 Å². The molecule has 0 bridgehead atoms. The number of ether oxygens (including phenoxy) is 2. The molecule has 0 spiro atoms. The Balaban J connectivity index is 1.62. The minimum Gasteiger partial charge on any atom is -0.383 e. The van der Waals surface area contributed by atoms with Crippen molar-refractivity contribution in [1.82, 2.24) is 34.9 Å². The Hall–Kier alpha value is -1.84. The number of morpholine rings is 1. The first-order valence-corrected chi connectivity index (χ1v) is 7.91. The standard InChI is InChI=1S/C14H23N7O2/c1-3-20-5-4-12(16-20)10-19-6-9-23-13(11-19)14-15-17-18-21(14)7-8-22-2/h4-5,13H,3,6-11H2,1-2H3/t13-/m0/s1. The highest BCUT2D eigenvalue weighted by Crippen LogP contribution is 2.21. The zero-order chi connectivity index (χ0) is 16.1. The lowest BCUT2D eigenvalue weighted by molar-refractivity contribution is -0.0400. The van der Waals surface area contributed by atoms with E-state index in [4.69, 9.17) is 9.47 Å². The van der Waals surface area contributed by atoms with Gasteiger partial charge in [0.2, 0.25) is 0 Å². The summed E-state index contributed by atoms with van der Waals surface area (Å²) in [4.78, 5) is 2.33. The summed E-state index contributed by atoms with van der Waals surface area (Å²) >= 11 is 0. The van der Waals surface area contributed by atoms with Crippen LogP contribution in [0, 0.1) is 0 Å². The van der Waals surface area contributed by atoms with Gasteiger partial charge in [-0.15, -0.1) is 5.10 Å². The molecule has 2 aromatic heterocycles. The molecule has 0 aliphatic carbocycles. The van der Waals surface area contributed by atoms with E-state index in [0.29, 0.717) is 19.8 Å². The maximum atomic E-state index is 5.87. The molecule has 3 rings (SSSR count). The Kier molecular flexibility index (Phi) is 5.31. The van der Waals surface area contributed by atoms with E-state index in [2.05, 4.69) is 38.5 Å². The summed E-state index contributed by atoms with van der Waals surface area (Å²) in [6, 6.07) is 2.07. The van der Waals surface area contributed by atoms with Crippen LogP contribution >= 0.6 is 0 Å². The zero-order valence-corrected chi connectivity index (χ0v) is 13.6. The van der Waals surface area contributed by atoms with Gasteiger partial charge < -0.3 is 9.47 Å². The van der Waals surface area contributed by atoms with Gasteiger partial charge in [-0.2, -0.15) is 5.10 Å². The van der Waals surface area contributed by atoms with E-state index < -0.39 is 0 Å². The average Bonchev–Trinajstić information content (AvgIpc) is 3.22. The maximum absolute atomic E-state index is 5.87. The van der Waals surface area contributed by atoms with E-state index in [-0.39, 0.29) is 6.10 Å². The number of hydrogen-bond acceptors (Lipinski definition) is 7. The average molecular weight is 321 g/mol. The topological polar surface area (TPSA) is 83.1 Å². The summed E-state index contributed by atoms with van der Waals surface area (Å²) in [5.74, 6) is 0.755. The molecule has 0 saturated carbocycles.